The zero-order valence-corrected chi connectivity index (χ0v) is 12.7. The molecule has 0 aliphatic rings. The van der Waals surface area contributed by atoms with Crippen molar-refractivity contribution >= 4 is 29.3 Å². The highest BCUT2D eigenvalue weighted by Crippen LogP contribution is 2.25. The molecule has 0 saturated carbocycles. The van der Waals surface area contributed by atoms with Crippen LogP contribution in [0.1, 0.15) is 38.0 Å². The Morgan fingerprint density at radius 3 is 2.75 bits per heavy atom. The number of hydrogen-bond donors (Lipinski definition) is 2. The van der Waals surface area contributed by atoms with Crippen molar-refractivity contribution in [1.82, 2.24) is 5.32 Å². The van der Waals surface area contributed by atoms with Gasteiger partial charge in [-0.25, -0.2) is 0 Å². The van der Waals surface area contributed by atoms with Gasteiger partial charge in [-0.2, -0.15) is 0 Å². The second kappa shape index (κ2) is 7.85. The molecule has 0 spiro atoms. The normalized spacial score (nSPS) is 11.7. The fourth-order valence-corrected chi connectivity index (χ4v) is 2.32. The monoisotopic (exact) mass is 295 g/mol. The van der Waals surface area contributed by atoms with Gasteiger partial charge < -0.3 is 10.4 Å². The first kappa shape index (κ1) is 16.4. The lowest BCUT2D eigenvalue weighted by Gasteiger charge is -2.23. The molecule has 0 aliphatic carbocycles. The number of rotatable bonds is 8. The second-order valence-electron chi connectivity index (χ2n) is 5.45. The van der Waals surface area contributed by atoms with Gasteiger partial charge >= 0.3 is 5.97 Å². The van der Waals surface area contributed by atoms with Crippen molar-refractivity contribution < 1.29 is 14.7 Å². The average Bonchev–Trinajstić information content (AvgIpc) is 2.87. The van der Waals surface area contributed by atoms with Gasteiger partial charge in [0.2, 0.25) is 5.91 Å². The number of hydrogen-bond acceptors (Lipinski definition) is 3. The van der Waals surface area contributed by atoms with Gasteiger partial charge in [-0.15, -0.1) is 11.3 Å². The lowest BCUT2D eigenvalue weighted by molar-refractivity contribution is -0.137. The summed E-state index contributed by atoms with van der Waals surface area (Å²) in [6.07, 6.45) is 4.85. The molecule has 0 atom stereocenters. The quantitative estimate of drug-likeness (QED) is 0.724. The summed E-state index contributed by atoms with van der Waals surface area (Å²) >= 11 is 1.58. The van der Waals surface area contributed by atoms with Crippen molar-refractivity contribution in [1.29, 1.82) is 0 Å². The van der Waals surface area contributed by atoms with Gasteiger partial charge in [0.1, 0.15) is 0 Å². The minimum absolute atomic E-state index is 0.0802. The van der Waals surface area contributed by atoms with Gasteiger partial charge in [0, 0.05) is 23.9 Å². The van der Waals surface area contributed by atoms with Crippen molar-refractivity contribution in [3.05, 3.63) is 28.5 Å². The summed E-state index contributed by atoms with van der Waals surface area (Å²) in [6, 6.07) is 3.89. The van der Waals surface area contributed by atoms with Crippen LogP contribution in [0.3, 0.4) is 0 Å². The zero-order valence-electron chi connectivity index (χ0n) is 11.9. The van der Waals surface area contributed by atoms with Gasteiger partial charge in [0.15, 0.2) is 0 Å². The zero-order chi connectivity index (χ0) is 15.0. The molecule has 0 aromatic carbocycles. The van der Waals surface area contributed by atoms with E-state index in [4.69, 9.17) is 5.11 Å². The molecule has 1 aromatic heterocycles. The molecule has 110 valence electrons. The Kier molecular flexibility index (Phi) is 6.45. The van der Waals surface area contributed by atoms with Crippen LogP contribution < -0.4 is 5.32 Å². The minimum atomic E-state index is -0.777. The second-order valence-corrected chi connectivity index (χ2v) is 6.43. The maximum Gasteiger partial charge on any atom is 0.303 e. The summed E-state index contributed by atoms with van der Waals surface area (Å²) in [4.78, 5) is 23.2. The maximum absolute atomic E-state index is 11.6. The van der Waals surface area contributed by atoms with Crippen molar-refractivity contribution in [2.45, 2.75) is 33.1 Å². The minimum Gasteiger partial charge on any atom is -0.481 e. The van der Waals surface area contributed by atoms with Crippen molar-refractivity contribution in [2.75, 3.05) is 6.54 Å². The van der Waals surface area contributed by atoms with Gasteiger partial charge in [0.05, 0.1) is 0 Å². The molecule has 1 heterocycles. The third-order valence-electron chi connectivity index (χ3n) is 3.06. The van der Waals surface area contributed by atoms with Crippen LogP contribution in [-0.2, 0) is 9.59 Å². The molecule has 0 unspecified atom stereocenters. The maximum atomic E-state index is 11.6. The van der Waals surface area contributed by atoms with Crippen LogP contribution in [0.5, 0.6) is 0 Å². The highest BCUT2D eigenvalue weighted by atomic mass is 32.1. The summed E-state index contributed by atoms with van der Waals surface area (Å²) in [7, 11) is 0. The Labute approximate surface area is 123 Å². The van der Waals surface area contributed by atoms with E-state index in [1.54, 1.807) is 17.4 Å². The van der Waals surface area contributed by atoms with E-state index < -0.39 is 5.97 Å². The smallest absolute Gasteiger partial charge is 0.303 e. The average molecular weight is 295 g/mol. The molecule has 1 rings (SSSR count). The number of thiophene rings is 1. The number of carboxylic acid groups (broad SMARTS) is 1. The van der Waals surface area contributed by atoms with Crippen molar-refractivity contribution in [3.8, 4) is 0 Å². The number of aliphatic carboxylic acids is 1. The summed E-state index contributed by atoms with van der Waals surface area (Å²) < 4.78 is 0. The van der Waals surface area contributed by atoms with E-state index in [1.807, 2.05) is 31.4 Å². The Hall–Kier alpha value is -1.62. The summed E-state index contributed by atoms with van der Waals surface area (Å²) in [5, 5.41) is 13.5. The van der Waals surface area contributed by atoms with Crippen molar-refractivity contribution in [2.24, 2.45) is 5.41 Å². The fourth-order valence-electron chi connectivity index (χ4n) is 1.70. The predicted molar refractivity (Wildman–Crippen MR) is 81.6 cm³/mol. The summed E-state index contributed by atoms with van der Waals surface area (Å²) in [5.74, 6) is -0.895. The first-order chi connectivity index (χ1) is 9.39. The molecular formula is C15H21NO3S. The number of nitrogens with one attached hydrogen (secondary N) is 1. The van der Waals surface area contributed by atoms with E-state index in [2.05, 4.69) is 5.32 Å². The van der Waals surface area contributed by atoms with Crippen LogP contribution in [0, 0.1) is 5.41 Å². The molecule has 20 heavy (non-hydrogen) atoms. The molecule has 5 heteroatoms. The predicted octanol–water partition coefficient (Wildman–Crippen LogP) is 3.16. The number of carboxylic acids is 1. The Morgan fingerprint density at radius 1 is 1.40 bits per heavy atom. The van der Waals surface area contributed by atoms with Crippen LogP contribution in [0.4, 0.5) is 0 Å². The van der Waals surface area contributed by atoms with Crippen LogP contribution in [0.25, 0.3) is 6.08 Å². The molecule has 4 nitrogen and oxygen atoms in total. The molecular weight excluding hydrogens is 274 g/mol. The highest BCUT2D eigenvalue weighted by Gasteiger charge is 2.18. The van der Waals surface area contributed by atoms with E-state index in [0.717, 1.165) is 11.3 Å². The van der Waals surface area contributed by atoms with E-state index >= 15 is 0 Å². The van der Waals surface area contributed by atoms with E-state index in [9.17, 15) is 9.59 Å². The largest absolute Gasteiger partial charge is 0.481 e. The third kappa shape index (κ3) is 7.09. The molecule has 1 aromatic rings. The van der Waals surface area contributed by atoms with Crippen LogP contribution in [0.15, 0.2) is 23.6 Å². The van der Waals surface area contributed by atoms with E-state index in [0.29, 0.717) is 13.0 Å². The van der Waals surface area contributed by atoms with Gasteiger partial charge in [-0.05, 0) is 35.8 Å². The molecule has 0 bridgehead atoms. The Balaban J connectivity index is 2.25. The topological polar surface area (TPSA) is 66.4 Å². The summed E-state index contributed by atoms with van der Waals surface area (Å²) in [6.45, 7) is 4.59. The first-order valence-corrected chi connectivity index (χ1v) is 7.48. The van der Waals surface area contributed by atoms with Crippen molar-refractivity contribution in [3.63, 3.8) is 0 Å². The molecule has 2 N–H and O–H groups in total. The summed E-state index contributed by atoms with van der Waals surface area (Å²) in [5.41, 5.74) is -0.0802. The van der Waals surface area contributed by atoms with E-state index in [-0.39, 0.29) is 17.7 Å². The van der Waals surface area contributed by atoms with E-state index in [1.165, 1.54) is 6.08 Å². The molecule has 0 fully saturated rings. The van der Waals surface area contributed by atoms with Crippen LogP contribution >= 0.6 is 11.3 Å². The number of carbonyl (C=O) groups is 2. The number of amides is 1. The lowest BCUT2D eigenvalue weighted by atomic mass is 9.84. The molecule has 1 amide bonds. The Bertz CT molecular complexity index is 463. The molecule has 0 radical (unpaired) electrons. The van der Waals surface area contributed by atoms with Gasteiger partial charge in [0.25, 0.3) is 0 Å². The molecule has 0 saturated heterocycles. The molecule has 0 aliphatic heterocycles. The van der Waals surface area contributed by atoms with Crippen LogP contribution in [0.2, 0.25) is 0 Å². The van der Waals surface area contributed by atoms with Gasteiger partial charge in [-0.1, -0.05) is 19.9 Å². The Morgan fingerprint density at radius 2 is 2.15 bits per heavy atom. The fraction of sp³-hybridized carbons (Fsp3) is 0.467. The lowest BCUT2D eigenvalue weighted by Crippen LogP contribution is -2.27. The number of carbonyl (C=O) groups excluding carboxylic acids is 1. The highest BCUT2D eigenvalue weighted by molar-refractivity contribution is 7.10. The van der Waals surface area contributed by atoms with Crippen LogP contribution in [-0.4, -0.2) is 23.5 Å². The SMILES string of the molecule is CC(C)(CCNC(=O)C=Cc1cccs1)CCC(=O)O. The van der Waals surface area contributed by atoms with Gasteiger partial charge in [-0.3, -0.25) is 9.59 Å². The first-order valence-electron chi connectivity index (χ1n) is 6.60. The third-order valence-corrected chi connectivity index (χ3v) is 3.90. The standard InChI is InChI=1S/C15H21NO3S/c1-15(2,8-7-14(18)19)9-10-16-13(17)6-5-12-4-3-11-20-12/h3-6,11H,7-10H2,1-2H3,(H,16,17)(H,18,19).